The minimum absolute atomic E-state index is 0. The number of hydrogen-bond acceptors (Lipinski definition) is 4. The smallest absolute Gasteiger partial charge is 0.325 e. The van der Waals surface area contributed by atoms with Crippen molar-refractivity contribution in [2.45, 2.75) is 76.4 Å². The van der Waals surface area contributed by atoms with Gasteiger partial charge in [-0.15, -0.1) is 12.4 Å². The summed E-state index contributed by atoms with van der Waals surface area (Å²) in [5, 5.41) is 6.19. The molecular weight excluding hydrogens is 356 g/mol. The fraction of sp³-hybridized carbons (Fsp3) is 0.833. The molecule has 1 spiro atoms. The number of hydrogen-bond donors (Lipinski definition) is 2. The Hall–Kier alpha value is -1.34. The molecule has 0 aromatic carbocycles. The Morgan fingerprint density at radius 2 is 1.88 bits per heavy atom. The largest absolute Gasteiger partial charge is 0.338 e. The van der Waals surface area contributed by atoms with Crippen molar-refractivity contribution < 1.29 is 14.4 Å². The van der Waals surface area contributed by atoms with Crippen molar-refractivity contribution in [1.29, 1.82) is 0 Å². The highest BCUT2D eigenvalue weighted by Gasteiger charge is 2.55. The molecule has 2 N–H and O–H groups in total. The van der Waals surface area contributed by atoms with Gasteiger partial charge in [-0.3, -0.25) is 9.59 Å². The molecule has 2 heterocycles. The number of piperidine rings is 1. The van der Waals surface area contributed by atoms with E-state index in [0.717, 1.165) is 45.2 Å². The van der Waals surface area contributed by atoms with Crippen molar-refractivity contribution >= 4 is 30.3 Å². The summed E-state index contributed by atoms with van der Waals surface area (Å²) in [5.41, 5.74) is -0.754. The number of carbonyl (C=O) groups excluding carboxylic acids is 3. The molecule has 2 aliphatic heterocycles. The summed E-state index contributed by atoms with van der Waals surface area (Å²) in [6.45, 7) is 6.21. The van der Waals surface area contributed by atoms with Gasteiger partial charge in [0.25, 0.3) is 5.91 Å². The number of carbonyl (C=O) groups is 3. The van der Waals surface area contributed by atoms with Crippen LogP contribution < -0.4 is 10.6 Å². The molecule has 3 fully saturated rings. The molecule has 7 nitrogen and oxygen atoms in total. The number of nitrogens with zero attached hydrogens (tertiary/aromatic N) is 2. The standard InChI is InChI=1S/C18H30N4O3.ClH/c1-3-12-21(14-6-10-19-11-7-14)15(23)13(2)22-16(24)18(20-17(22)25)8-4-5-9-18;/h13-14,19H,3-12H2,1-2H3,(H,20,25);1H. The van der Waals surface area contributed by atoms with E-state index in [9.17, 15) is 14.4 Å². The molecule has 0 aromatic rings. The third-order valence-electron chi connectivity index (χ3n) is 5.89. The topological polar surface area (TPSA) is 81.8 Å². The normalized spacial score (nSPS) is 23.7. The first kappa shape index (κ1) is 21.0. The van der Waals surface area contributed by atoms with E-state index in [0.29, 0.717) is 19.4 Å². The molecule has 3 aliphatic rings. The minimum Gasteiger partial charge on any atom is -0.338 e. The molecule has 0 radical (unpaired) electrons. The molecule has 1 aliphatic carbocycles. The number of urea groups is 1. The van der Waals surface area contributed by atoms with E-state index in [-0.39, 0.29) is 30.3 Å². The molecule has 26 heavy (non-hydrogen) atoms. The second kappa shape index (κ2) is 8.57. The molecule has 2 saturated heterocycles. The zero-order chi connectivity index (χ0) is 18.0. The summed E-state index contributed by atoms with van der Waals surface area (Å²) in [6.07, 6.45) is 5.96. The number of imide groups is 1. The summed E-state index contributed by atoms with van der Waals surface area (Å²) < 4.78 is 0. The third-order valence-corrected chi connectivity index (χ3v) is 5.89. The van der Waals surface area contributed by atoms with Crippen LogP contribution in [-0.2, 0) is 9.59 Å². The Morgan fingerprint density at radius 3 is 2.46 bits per heavy atom. The average Bonchev–Trinajstić information content (AvgIpc) is 3.18. The van der Waals surface area contributed by atoms with E-state index < -0.39 is 17.6 Å². The van der Waals surface area contributed by atoms with Gasteiger partial charge in [0.2, 0.25) is 5.91 Å². The van der Waals surface area contributed by atoms with Gasteiger partial charge in [0.1, 0.15) is 11.6 Å². The van der Waals surface area contributed by atoms with Gasteiger partial charge in [-0.25, -0.2) is 9.69 Å². The Balaban J connectivity index is 0.00000243. The van der Waals surface area contributed by atoms with Gasteiger partial charge in [0.05, 0.1) is 0 Å². The zero-order valence-corrected chi connectivity index (χ0v) is 16.6. The minimum atomic E-state index is -0.754. The van der Waals surface area contributed by atoms with E-state index in [1.165, 1.54) is 4.90 Å². The monoisotopic (exact) mass is 386 g/mol. The Labute approximate surface area is 161 Å². The lowest BCUT2D eigenvalue weighted by atomic mass is 9.97. The summed E-state index contributed by atoms with van der Waals surface area (Å²) in [5.74, 6) is -0.315. The molecule has 3 rings (SSSR count). The first-order valence-electron chi connectivity index (χ1n) is 9.67. The van der Waals surface area contributed by atoms with E-state index in [1.54, 1.807) is 6.92 Å². The van der Waals surface area contributed by atoms with Crippen LogP contribution in [-0.4, -0.2) is 64.9 Å². The lowest BCUT2D eigenvalue weighted by Crippen LogP contribution is -2.55. The fourth-order valence-corrected chi connectivity index (χ4v) is 4.49. The molecule has 1 unspecified atom stereocenters. The maximum Gasteiger partial charge on any atom is 0.325 e. The third kappa shape index (κ3) is 3.69. The van der Waals surface area contributed by atoms with Crippen LogP contribution in [0.2, 0.25) is 0 Å². The van der Waals surface area contributed by atoms with Crippen molar-refractivity contribution in [2.24, 2.45) is 0 Å². The highest BCUT2D eigenvalue weighted by molar-refractivity contribution is 6.10. The Bertz CT molecular complexity index is 545. The summed E-state index contributed by atoms with van der Waals surface area (Å²) in [4.78, 5) is 41.6. The van der Waals surface area contributed by atoms with E-state index in [2.05, 4.69) is 10.6 Å². The first-order valence-corrected chi connectivity index (χ1v) is 9.67. The van der Waals surface area contributed by atoms with Crippen LogP contribution in [0.25, 0.3) is 0 Å². The van der Waals surface area contributed by atoms with Gasteiger partial charge < -0.3 is 15.5 Å². The summed E-state index contributed by atoms with van der Waals surface area (Å²) >= 11 is 0. The molecule has 8 heteroatoms. The summed E-state index contributed by atoms with van der Waals surface area (Å²) in [6, 6.07) is -0.958. The summed E-state index contributed by atoms with van der Waals surface area (Å²) in [7, 11) is 0. The van der Waals surface area contributed by atoms with E-state index in [4.69, 9.17) is 0 Å². The van der Waals surface area contributed by atoms with Crippen LogP contribution in [0.1, 0.15) is 58.8 Å². The van der Waals surface area contributed by atoms with Gasteiger partial charge in [0, 0.05) is 12.6 Å². The highest BCUT2D eigenvalue weighted by Crippen LogP contribution is 2.36. The fourth-order valence-electron chi connectivity index (χ4n) is 4.49. The van der Waals surface area contributed by atoms with Gasteiger partial charge in [0.15, 0.2) is 0 Å². The van der Waals surface area contributed by atoms with Crippen LogP contribution in [0.5, 0.6) is 0 Å². The molecule has 4 amide bonds. The van der Waals surface area contributed by atoms with E-state index >= 15 is 0 Å². The van der Waals surface area contributed by atoms with Crippen molar-refractivity contribution in [2.75, 3.05) is 19.6 Å². The van der Waals surface area contributed by atoms with Crippen LogP contribution in [0.4, 0.5) is 4.79 Å². The van der Waals surface area contributed by atoms with Gasteiger partial charge in [-0.2, -0.15) is 0 Å². The second-order valence-corrected chi connectivity index (χ2v) is 7.58. The van der Waals surface area contributed by atoms with Gasteiger partial charge >= 0.3 is 6.03 Å². The lowest BCUT2D eigenvalue weighted by Gasteiger charge is -2.37. The quantitative estimate of drug-likeness (QED) is 0.704. The first-order chi connectivity index (χ1) is 12.0. The Morgan fingerprint density at radius 1 is 1.27 bits per heavy atom. The van der Waals surface area contributed by atoms with Crippen LogP contribution in [0.15, 0.2) is 0 Å². The van der Waals surface area contributed by atoms with Crippen LogP contribution >= 0.6 is 12.4 Å². The molecule has 1 atom stereocenters. The lowest BCUT2D eigenvalue weighted by molar-refractivity contribution is -0.144. The predicted molar refractivity (Wildman–Crippen MR) is 101 cm³/mol. The number of rotatable bonds is 5. The van der Waals surface area contributed by atoms with Gasteiger partial charge in [-0.05, 0) is 52.1 Å². The average molecular weight is 387 g/mol. The van der Waals surface area contributed by atoms with Crippen molar-refractivity contribution in [3.05, 3.63) is 0 Å². The number of amides is 4. The zero-order valence-electron chi connectivity index (χ0n) is 15.8. The van der Waals surface area contributed by atoms with Crippen LogP contribution in [0, 0.1) is 0 Å². The van der Waals surface area contributed by atoms with Crippen molar-refractivity contribution in [3.63, 3.8) is 0 Å². The Kier molecular flexibility index (Phi) is 6.91. The van der Waals surface area contributed by atoms with Crippen LogP contribution in [0.3, 0.4) is 0 Å². The molecule has 148 valence electrons. The molecule has 0 aromatic heterocycles. The predicted octanol–water partition coefficient (Wildman–Crippen LogP) is 1.65. The molecule has 0 bridgehead atoms. The maximum absolute atomic E-state index is 13.1. The van der Waals surface area contributed by atoms with E-state index in [1.807, 2.05) is 11.8 Å². The molecular formula is C18H31ClN4O3. The molecule has 1 saturated carbocycles. The number of halogens is 1. The maximum atomic E-state index is 13.1. The SMILES string of the molecule is CCCN(C(=O)C(C)N1C(=O)NC2(CCCC2)C1=O)C1CCNCC1.Cl. The van der Waals surface area contributed by atoms with Crippen molar-refractivity contribution in [1.82, 2.24) is 20.4 Å². The van der Waals surface area contributed by atoms with Crippen molar-refractivity contribution in [3.8, 4) is 0 Å². The van der Waals surface area contributed by atoms with Gasteiger partial charge in [-0.1, -0.05) is 19.8 Å². The number of nitrogens with one attached hydrogen (secondary N) is 2. The highest BCUT2D eigenvalue weighted by atomic mass is 35.5. The second-order valence-electron chi connectivity index (χ2n) is 7.58.